The molecule has 1 aromatic carbocycles. The number of hydrogen-bond acceptors (Lipinski definition) is 3. The molecule has 1 atom stereocenters. The van der Waals surface area contributed by atoms with Crippen molar-refractivity contribution in [1.82, 2.24) is 5.32 Å². The van der Waals surface area contributed by atoms with Crippen LogP contribution in [-0.4, -0.2) is 38.4 Å². The molecule has 0 saturated carbocycles. The fourth-order valence-corrected chi connectivity index (χ4v) is 1.89. The van der Waals surface area contributed by atoms with Gasteiger partial charge in [0.2, 0.25) is 0 Å². The van der Waals surface area contributed by atoms with Crippen LogP contribution in [-0.2, 0) is 0 Å². The average molecular weight is 279 g/mol. The molecule has 0 saturated heterocycles. The molecule has 5 nitrogen and oxygen atoms in total. The number of amides is 2. The van der Waals surface area contributed by atoms with Crippen molar-refractivity contribution in [1.29, 1.82) is 0 Å². The van der Waals surface area contributed by atoms with E-state index in [1.54, 1.807) is 0 Å². The Hall–Kier alpha value is -1.75. The topological polar surface area (TPSA) is 64.6 Å². The molecule has 0 spiro atoms. The SMILES string of the molecule is CCC(CCO)CNC(=O)Nc1ccc(N(C)C)cc1. The lowest BCUT2D eigenvalue weighted by Crippen LogP contribution is -2.33. The summed E-state index contributed by atoms with van der Waals surface area (Å²) in [6.07, 6.45) is 1.66. The van der Waals surface area contributed by atoms with E-state index in [9.17, 15) is 4.79 Å². The highest BCUT2D eigenvalue weighted by Gasteiger charge is 2.08. The summed E-state index contributed by atoms with van der Waals surface area (Å²) in [5, 5.41) is 14.5. The van der Waals surface area contributed by atoms with Gasteiger partial charge in [0.05, 0.1) is 0 Å². The molecule has 0 radical (unpaired) electrons. The summed E-state index contributed by atoms with van der Waals surface area (Å²) >= 11 is 0. The van der Waals surface area contributed by atoms with Gasteiger partial charge in [0, 0.05) is 38.6 Å². The maximum absolute atomic E-state index is 11.8. The average Bonchev–Trinajstić information content (AvgIpc) is 2.44. The number of urea groups is 1. The van der Waals surface area contributed by atoms with Crippen molar-refractivity contribution < 1.29 is 9.90 Å². The summed E-state index contributed by atoms with van der Waals surface area (Å²) in [6, 6.07) is 7.45. The van der Waals surface area contributed by atoms with Crippen LogP contribution in [0.4, 0.5) is 16.2 Å². The van der Waals surface area contributed by atoms with Crippen molar-refractivity contribution >= 4 is 17.4 Å². The molecule has 1 unspecified atom stereocenters. The fraction of sp³-hybridized carbons (Fsp3) is 0.533. The van der Waals surface area contributed by atoms with Crippen LogP contribution in [0.3, 0.4) is 0 Å². The third-order valence-electron chi connectivity index (χ3n) is 3.31. The van der Waals surface area contributed by atoms with Crippen molar-refractivity contribution in [2.45, 2.75) is 19.8 Å². The van der Waals surface area contributed by atoms with Crippen LogP contribution in [0.2, 0.25) is 0 Å². The van der Waals surface area contributed by atoms with E-state index in [1.807, 2.05) is 43.3 Å². The second kappa shape index (κ2) is 8.43. The normalized spacial score (nSPS) is 11.8. The first kappa shape index (κ1) is 16.3. The van der Waals surface area contributed by atoms with Gasteiger partial charge in [-0.25, -0.2) is 4.79 Å². The molecule has 0 aliphatic heterocycles. The van der Waals surface area contributed by atoms with Crippen molar-refractivity contribution in [3.63, 3.8) is 0 Å². The van der Waals surface area contributed by atoms with Crippen molar-refractivity contribution in [2.75, 3.05) is 37.5 Å². The fourth-order valence-electron chi connectivity index (χ4n) is 1.89. The number of nitrogens with zero attached hydrogens (tertiary/aromatic N) is 1. The van der Waals surface area contributed by atoms with Gasteiger partial charge in [-0.05, 0) is 36.6 Å². The van der Waals surface area contributed by atoms with Gasteiger partial charge in [0.1, 0.15) is 0 Å². The van der Waals surface area contributed by atoms with Gasteiger partial charge in [-0.15, -0.1) is 0 Å². The first-order valence-corrected chi connectivity index (χ1v) is 7.00. The largest absolute Gasteiger partial charge is 0.396 e. The van der Waals surface area contributed by atoms with Gasteiger partial charge in [-0.2, -0.15) is 0 Å². The van der Waals surface area contributed by atoms with E-state index in [0.717, 1.165) is 17.8 Å². The van der Waals surface area contributed by atoms with Gasteiger partial charge >= 0.3 is 6.03 Å². The van der Waals surface area contributed by atoms with E-state index in [-0.39, 0.29) is 12.6 Å². The molecule has 1 rings (SSSR count). The quantitative estimate of drug-likeness (QED) is 0.717. The van der Waals surface area contributed by atoms with E-state index in [4.69, 9.17) is 5.11 Å². The van der Waals surface area contributed by atoms with Crippen LogP contribution in [0, 0.1) is 5.92 Å². The molecular formula is C15H25N3O2. The highest BCUT2D eigenvalue weighted by Crippen LogP contribution is 2.15. The third kappa shape index (κ3) is 5.48. The number of anilines is 2. The zero-order valence-corrected chi connectivity index (χ0v) is 12.5. The highest BCUT2D eigenvalue weighted by molar-refractivity contribution is 5.89. The molecule has 0 bridgehead atoms. The molecule has 0 aromatic heterocycles. The van der Waals surface area contributed by atoms with Crippen molar-refractivity contribution in [2.24, 2.45) is 5.92 Å². The van der Waals surface area contributed by atoms with Crippen LogP contribution in [0.5, 0.6) is 0 Å². The maximum atomic E-state index is 11.8. The Labute approximate surface area is 121 Å². The number of benzene rings is 1. The Morgan fingerprint density at radius 1 is 1.30 bits per heavy atom. The summed E-state index contributed by atoms with van der Waals surface area (Å²) in [5.41, 5.74) is 1.85. The molecule has 0 aliphatic rings. The van der Waals surface area contributed by atoms with E-state index in [2.05, 4.69) is 17.6 Å². The molecule has 0 aliphatic carbocycles. The lowest BCUT2D eigenvalue weighted by atomic mass is 10.0. The number of rotatable bonds is 7. The molecule has 5 heteroatoms. The van der Waals surface area contributed by atoms with E-state index >= 15 is 0 Å². The van der Waals surface area contributed by atoms with Crippen LogP contribution in [0.15, 0.2) is 24.3 Å². The summed E-state index contributed by atoms with van der Waals surface area (Å²) < 4.78 is 0. The highest BCUT2D eigenvalue weighted by atomic mass is 16.3. The zero-order valence-electron chi connectivity index (χ0n) is 12.5. The zero-order chi connectivity index (χ0) is 15.0. The van der Waals surface area contributed by atoms with Crippen LogP contribution in [0.1, 0.15) is 19.8 Å². The molecule has 20 heavy (non-hydrogen) atoms. The molecule has 0 heterocycles. The number of hydrogen-bond donors (Lipinski definition) is 3. The summed E-state index contributed by atoms with van der Waals surface area (Å²) in [4.78, 5) is 13.8. The lowest BCUT2D eigenvalue weighted by molar-refractivity contribution is 0.238. The van der Waals surface area contributed by atoms with E-state index < -0.39 is 0 Å². The standard InChI is InChI=1S/C15H25N3O2/c1-4-12(9-10-19)11-16-15(20)17-13-5-7-14(8-6-13)18(2)3/h5-8,12,19H,4,9-11H2,1-3H3,(H2,16,17,20). The number of carbonyl (C=O) groups excluding carboxylic acids is 1. The molecule has 2 amide bonds. The van der Waals surface area contributed by atoms with Crippen LogP contribution >= 0.6 is 0 Å². The Morgan fingerprint density at radius 3 is 2.45 bits per heavy atom. The molecule has 0 fully saturated rings. The van der Waals surface area contributed by atoms with Crippen LogP contribution < -0.4 is 15.5 Å². The monoisotopic (exact) mass is 279 g/mol. The van der Waals surface area contributed by atoms with Gasteiger partial charge in [-0.1, -0.05) is 13.3 Å². The number of aliphatic hydroxyl groups is 1. The van der Waals surface area contributed by atoms with Gasteiger partial charge in [0.25, 0.3) is 0 Å². The number of aliphatic hydroxyl groups excluding tert-OH is 1. The minimum atomic E-state index is -0.209. The second-order valence-electron chi connectivity index (χ2n) is 5.06. The smallest absolute Gasteiger partial charge is 0.319 e. The summed E-state index contributed by atoms with van der Waals surface area (Å²) in [6.45, 7) is 2.80. The first-order chi connectivity index (χ1) is 9.56. The molecule has 3 N–H and O–H groups in total. The maximum Gasteiger partial charge on any atom is 0.319 e. The minimum absolute atomic E-state index is 0.161. The predicted molar refractivity (Wildman–Crippen MR) is 83.3 cm³/mol. The summed E-state index contributed by atoms with van der Waals surface area (Å²) in [5.74, 6) is 0.321. The lowest BCUT2D eigenvalue weighted by Gasteiger charge is -2.15. The molecule has 112 valence electrons. The Kier molecular flexibility index (Phi) is 6.87. The molecule has 1 aromatic rings. The van der Waals surface area contributed by atoms with E-state index in [0.29, 0.717) is 18.9 Å². The number of carbonyl (C=O) groups is 1. The van der Waals surface area contributed by atoms with Gasteiger partial charge in [0.15, 0.2) is 0 Å². The number of nitrogens with one attached hydrogen (secondary N) is 2. The van der Waals surface area contributed by atoms with Gasteiger partial charge in [-0.3, -0.25) is 0 Å². The molecular weight excluding hydrogens is 254 g/mol. The summed E-state index contributed by atoms with van der Waals surface area (Å²) in [7, 11) is 3.95. The van der Waals surface area contributed by atoms with Gasteiger partial charge < -0.3 is 20.6 Å². The Morgan fingerprint density at radius 2 is 1.95 bits per heavy atom. The second-order valence-corrected chi connectivity index (χ2v) is 5.06. The Balaban J connectivity index is 2.42. The van der Waals surface area contributed by atoms with Crippen LogP contribution in [0.25, 0.3) is 0 Å². The predicted octanol–water partition coefficient (Wildman–Crippen LogP) is 2.28. The van der Waals surface area contributed by atoms with E-state index in [1.165, 1.54) is 0 Å². The third-order valence-corrected chi connectivity index (χ3v) is 3.31. The first-order valence-electron chi connectivity index (χ1n) is 7.00. The minimum Gasteiger partial charge on any atom is -0.396 e. The van der Waals surface area contributed by atoms with Crippen molar-refractivity contribution in [3.05, 3.63) is 24.3 Å². The Bertz CT molecular complexity index is 404. The van der Waals surface area contributed by atoms with Crippen molar-refractivity contribution in [3.8, 4) is 0 Å².